The molecule has 2 nitrogen and oxygen atoms in total. The maximum Gasteiger partial charge on any atom is 0.406 e. The molecule has 1 heterocycles. The van der Waals surface area contributed by atoms with Gasteiger partial charge in [-0.2, -0.15) is 13.2 Å². The smallest absolute Gasteiger partial charge is 0.345 e. The van der Waals surface area contributed by atoms with Crippen molar-refractivity contribution in [3.05, 3.63) is 24.0 Å². The third kappa shape index (κ3) is 2.75. The summed E-state index contributed by atoms with van der Waals surface area (Å²) in [6, 6.07) is 1.58. The molecule has 2 N–H and O–H groups in total. The van der Waals surface area contributed by atoms with Crippen molar-refractivity contribution in [3.8, 4) is 0 Å². The molecule has 2 rings (SSSR count). The van der Waals surface area contributed by atoms with Crippen LogP contribution in [0.4, 0.5) is 13.2 Å². The van der Waals surface area contributed by atoms with Crippen molar-refractivity contribution >= 4 is 0 Å². The minimum Gasteiger partial charge on any atom is -0.345 e. The van der Waals surface area contributed by atoms with Gasteiger partial charge in [-0.05, 0) is 30.4 Å². The molecule has 1 aromatic rings. The highest BCUT2D eigenvalue weighted by atomic mass is 19.4. The van der Waals surface area contributed by atoms with Crippen molar-refractivity contribution in [1.82, 2.24) is 4.57 Å². The van der Waals surface area contributed by atoms with Crippen LogP contribution in [0.1, 0.15) is 24.4 Å². The lowest BCUT2D eigenvalue weighted by molar-refractivity contribution is -0.140. The van der Waals surface area contributed by atoms with E-state index in [0.29, 0.717) is 5.92 Å². The van der Waals surface area contributed by atoms with E-state index in [1.54, 1.807) is 6.07 Å². The number of alkyl halides is 3. The fraction of sp³-hybridized carbons (Fsp3) is 0.600. The van der Waals surface area contributed by atoms with Crippen LogP contribution in [0.2, 0.25) is 0 Å². The maximum atomic E-state index is 12.1. The monoisotopic (exact) mass is 218 g/mol. The van der Waals surface area contributed by atoms with Crippen molar-refractivity contribution in [1.29, 1.82) is 0 Å². The first kappa shape index (κ1) is 10.5. The Kier molecular flexibility index (Phi) is 2.50. The molecule has 1 aromatic heterocycles. The standard InChI is InChI=1S/C10H13F3N2/c11-10(12,13)6-15-4-3-8(5-15)9(14)7-1-2-7/h3-5,7,9H,1-2,6,14H2. The topological polar surface area (TPSA) is 30.9 Å². The molecule has 1 unspecified atom stereocenters. The van der Waals surface area contributed by atoms with Crippen LogP contribution in [0.3, 0.4) is 0 Å². The number of hydrogen-bond donors (Lipinski definition) is 1. The van der Waals surface area contributed by atoms with Gasteiger partial charge in [0.25, 0.3) is 0 Å². The molecular weight excluding hydrogens is 205 g/mol. The number of halogens is 3. The Morgan fingerprint density at radius 2 is 2.13 bits per heavy atom. The minimum atomic E-state index is -4.17. The summed E-state index contributed by atoms with van der Waals surface area (Å²) in [6.07, 6.45) is 0.943. The molecule has 0 saturated heterocycles. The third-order valence-electron chi connectivity index (χ3n) is 2.65. The predicted octanol–water partition coefficient (Wildman–Crippen LogP) is 2.46. The molecule has 0 bridgehead atoms. The van der Waals surface area contributed by atoms with E-state index in [9.17, 15) is 13.2 Å². The summed E-state index contributed by atoms with van der Waals surface area (Å²) >= 11 is 0. The summed E-state index contributed by atoms with van der Waals surface area (Å²) in [5.41, 5.74) is 6.69. The van der Waals surface area contributed by atoms with Crippen LogP contribution in [0.5, 0.6) is 0 Å². The lowest BCUT2D eigenvalue weighted by atomic mass is 10.1. The molecule has 0 spiro atoms. The van der Waals surface area contributed by atoms with E-state index >= 15 is 0 Å². The number of rotatable bonds is 3. The molecular formula is C10H13F3N2. The molecule has 5 heteroatoms. The quantitative estimate of drug-likeness (QED) is 0.830. The highest BCUT2D eigenvalue weighted by Crippen LogP contribution is 2.39. The van der Waals surface area contributed by atoms with Crippen molar-refractivity contribution in [3.63, 3.8) is 0 Å². The summed E-state index contributed by atoms with van der Waals surface area (Å²) in [5.74, 6) is 0.465. The first-order valence-corrected chi connectivity index (χ1v) is 4.94. The molecule has 1 fully saturated rings. The van der Waals surface area contributed by atoms with Gasteiger partial charge in [0.05, 0.1) is 0 Å². The van der Waals surface area contributed by atoms with Crippen LogP contribution in [-0.4, -0.2) is 10.7 Å². The molecule has 1 aliphatic rings. The third-order valence-corrected chi connectivity index (χ3v) is 2.65. The lowest BCUT2D eigenvalue weighted by Gasteiger charge is -2.08. The Bertz CT molecular complexity index is 339. The van der Waals surface area contributed by atoms with Crippen LogP contribution in [0, 0.1) is 5.92 Å². The second kappa shape index (κ2) is 3.56. The summed E-state index contributed by atoms with van der Waals surface area (Å²) in [6.45, 7) is -0.940. The van der Waals surface area contributed by atoms with Crippen LogP contribution < -0.4 is 5.73 Å². The van der Waals surface area contributed by atoms with Gasteiger partial charge in [-0.1, -0.05) is 0 Å². The van der Waals surface area contributed by atoms with Gasteiger partial charge in [0.15, 0.2) is 0 Å². The van der Waals surface area contributed by atoms with E-state index in [0.717, 1.165) is 23.0 Å². The highest BCUT2D eigenvalue weighted by molar-refractivity contribution is 5.17. The van der Waals surface area contributed by atoms with Crippen molar-refractivity contribution in [2.75, 3.05) is 0 Å². The van der Waals surface area contributed by atoms with Gasteiger partial charge in [-0.25, -0.2) is 0 Å². The summed E-state index contributed by atoms with van der Waals surface area (Å²) < 4.78 is 37.3. The van der Waals surface area contributed by atoms with Gasteiger partial charge in [-0.3, -0.25) is 0 Å². The van der Waals surface area contributed by atoms with Crippen LogP contribution in [-0.2, 0) is 6.54 Å². The molecule has 1 aliphatic carbocycles. The SMILES string of the molecule is NC(c1ccn(CC(F)(F)F)c1)C1CC1. The van der Waals surface area contributed by atoms with Gasteiger partial charge in [0.2, 0.25) is 0 Å². The van der Waals surface area contributed by atoms with Crippen molar-refractivity contribution in [2.24, 2.45) is 11.7 Å². The number of nitrogens with two attached hydrogens (primary N) is 1. The summed E-state index contributed by atoms with van der Waals surface area (Å²) in [7, 11) is 0. The zero-order valence-corrected chi connectivity index (χ0v) is 8.17. The average Bonchev–Trinajstić information content (AvgIpc) is 2.85. The Balaban J connectivity index is 2.03. The zero-order valence-electron chi connectivity index (χ0n) is 8.17. The minimum absolute atomic E-state index is 0.0977. The maximum absolute atomic E-state index is 12.1. The summed E-state index contributed by atoms with van der Waals surface area (Å²) in [5, 5.41) is 0. The average molecular weight is 218 g/mol. The molecule has 0 aliphatic heterocycles. The van der Waals surface area contributed by atoms with E-state index in [2.05, 4.69) is 0 Å². The van der Waals surface area contributed by atoms with Gasteiger partial charge in [-0.15, -0.1) is 0 Å². The van der Waals surface area contributed by atoms with Crippen molar-refractivity contribution < 1.29 is 13.2 Å². The van der Waals surface area contributed by atoms with E-state index in [1.807, 2.05) is 0 Å². The fourth-order valence-corrected chi connectivity index (χ4v) is 1.69. The van der Waals surface area contributed by atoms with Gasteiger partial charge >= 0.3 is 6.18 Å². The molecule has 0 amide bonds. The molecule has 0 radical (unpaired) electrons. The van der Waals surface area contributed by atoms with Crippen molar-refractivity contribution in [2.45, 2.75) is 31.6 Å². The second-order valence-electron chi connectivity index (χ2n) is 4.10. The van der Waals surface area contributed by atoms with Gasteiger partial charge < -0.3 is 10.3 Å². The first-order chi connectivity index (χ1) is 6.96. The largest absolute Gasteiger partial charge is 0.406 e. The fourth-order valence-electron chi connectivity index (χ4n) is 1.69. The summed E-state index contributed by atoms with van der Waals surface area (Å²) in [4.78, 5) is 0. The second-order valence-corrected chi connectivity index (χ2v) is 4.10. The van der Waals surface area contributed by atoms with Crippen LogP contribution >= 0.6 is 0 Å². The number of aromatic nitrogens is 1. The Morgan fingerprint density at radius 3 is 2.67 bits per heavy atom. The zero-order chi connectivity index (χ0) is 11.1. The molecule has 1 atom stereocenters. The van der Waals surface area contributed by atoms with E-state index < -0.39 is 12.7 Å². The number of nitrogens with zero attached hydrogens (tertiary/aromatic N) is 1. The number of hydrogen-bond acceptors (Lipinski definition) is 1. The Labute approximate surface area is 85.9 Å². The van der Waals surface area contributed by atoms with Crippen LogP contribution in [0.15, 0.2) is 18.5 Å². The molecule has 15 heavy (non-hydrogen) atoms. The molecule has 1 saturated carbocycles. The molecule has 84 valence electrons. The van der Waals surface area contributed by atoms with E-state index in [4.69, 9.17) is 5.73 Å². The predicted molar refractivity (Wildman–Crippen MR) is 50.1 cm³/mol. The van der Waals surface area contributed by atoms with E-state index in [1.165, 1.54) is 12.4 Å². The highest BCUT2D eigenvalue weighted by Gasteiger charge is 2.31. The Hall–Kier alpha value is -0.970. The van der Waals surface area contributed by atoms with Crippen LogP contribution in [0.25, 0.3) is 0 Å². The van der Waals surface area contributed by atoms with Gasteiger partial charge in [0.1, 0.15) is 6.54 Å². The molecule has 0 aromatic carbocycles. The normalized spacial score (nSPS) is 19.2. The van der Waals surface area contributed by atoms with Gasteiger partial charge in [0, 0.05) is 18.4 Å². The van der Waals surface area contributed by atoms with E-state index in [-0.39, 0.29) is 6.04 Å². The lowest BCUT2D eigenvalue weighted by Crippen LogP contribution is -2.17. The first-order valence-electron chi connectivity index (χ1n) is 4.94. The Morgan fingerprint density at radius 1 is 1.47 bits per heavy atom.